The van der Waals surface area contributed by atoms with Gasteiger partial charge in [0.1, 0.15) is 0 Å². The molecule has 0 aliphatic rings. The molecule has 0 aromatic heterocycles. The molecule has 0 unspecified atom stereocenters. The maximum atomic E-state index is 12.5. The molecule has 0 aliphatic heterocycles. The first kappa shape index (κ1) is 16.7. The molecule has 3 aromatic rings. The van der Waals surface area contributed by atoms with Crippen molar-refractivity contribution in [1.82, 2.24) is 0 Å². The zero-order chi connectivity index (χ0) is 17.6. The summed E-state index contributed by atoms with van der Waals surface area (Å²) in [4.78, 5) is 12.5. The van der Waals surface area contributed by atoms with Crippen molar-refractivity contribution < 1.29 is 4.79 Å². The molecule has 0 aliphatic carbocycles. The van der Waals surface area contributed by atoms with E-state index in [1.54, 1.807) is 6.08 Å². The topological polar surface area (TPSA) is 29.1 Å². The first-order valence-corrected chi connectivity index (χ1v) is 8.33. The molecule has 1 amide bonds. The van der Waals surface area contributed by atoms with Gasteiger partial charge in [-0.25, -0.2) is 0 Å². The van der Waals surface area contributed by atoms with Crippen molar-refractivity contribution in [3.05, 3.63) is 107 Å². The van der Waals surface area contributed by atoms with Gasteiger partial charge >= 0.3 is 0 Å². The van der Waals surface area contributed by atoms with Gasteiger partial charge in [-0.15, -0.1) is 0 Å². The largest absolute Gasteiger partial charge is 0.322 e. The summed E-state index contributed by atoms with van der Waals surface area (Å²) in [5, 5.41) is 2.92. The van der Waals surface area contributed by atoms with Crippen LogP contribution in [0.3, 0.4) is 0 Å². The maximum Gasteiger partial charge on any atom is 0.249 e. The number of hydrogen-bond donors (Lipinski definition) is 1. The quantitative estimate of drug-likeness (QED) is 0.641. The predicted molar refractivity (Wildman–Crippen MR) is 105 cm³/mol. The summed E-state index contributed by atoms with van der Waals surface area (Å²) in [5.74, 6) is -0.137. The monoisotopic (exact) mass is 327 g/mol. The van der Waals surface area contributed by atoms with E-state index in [4.69, 9.17) is 0 Å². The predicted octanol–water partition coefficient (Wildman–Crippen LogP) is 5.37. The van der Waals surface area contributed by atoms with Crippen LogP contribution in [0.2, 0.25) is 0 Å². The molecule has 0 saturated carbocycles. The highest BCUT2D eigenvalue weighted by Gasteiger charge is 2.08. The van der Waals surface area contributed by atoms with Gasteiger partial charge in [0.05, 0.1) is 0 Å². The Hall–Kier alpha value is -3.13. The summed E-state index contributed by atoms with van der Waals surface area (Å²) >= 11 is 0. The van der Waals surface area contributed by atoms with Gasteiger partial charge in [-0.1, -0.05) is 77.9 Å². The number of nitrogens with one attached hydrogen (secondary N) is 1. The summed E-state index contributed by atoms with van der Waals surface area (Å²) in [6.07, 6.45) is 1.67. The second-order valence-corrected chi connectivity index (χ2v) is 6.15. The third kappa shape index (κ3) is 4.45. The van der Waals surface area contributed by atoms with Crippen molar-refractivity contribution in [2.24, 2.45) is 0 Å². The molecule has 2 heteroatoms. The van der Waals surface area contributed by atoms with Gasteiger partial charge < -0.3 is 5.32 Å². The first-order valence-electron chi connectivity index (χ1n) is 8.33. The van der Waals surface area contributed by atoms with Crippen LogP contribution in [0.1, 0.15) is 22.3 Å². The zero-order valence-electron chi connectivity index (χ0n) is 14.5. The van der Waals surface area contributed by atoms with E-state index in [1.165, 1.54) is 11.1 Å². The highest BCUT2D eigenvalue weighted by atomic mass is 16.1. The summed E-state index contributed by atoms with van der Waals surface area (Å²) in [7, 11) is 0. The van der Waals surface area contributed by atoms with E-state index < -0.39 is 0 Å². The maximum absolute atomic E-state index is 12.5. The molecule has 3 rings (SSSR count). The summed E-state index contributed by atoms with van der Waals surface area (Å²) in [6, 6.07) is 25.9. The van der Waals surface area contributed by atoms with Crippen molar-refractivity contribution in [2.75, 3.05) is 5.32 Å². The minimum absolute atomic E-state index is 0.137. The zero-order valence-corrected chi connectivity index (χ0v) is 14.5. The van der Waals surface area contributed by atoms with Crippen molar-refractivity contribution in [2.45, 2.75) is 13.8 Å². The lowest BCUT2D eigenvalue weighted by Crippen LogP contribution is -2.09. The van der Waals surface area contributed by atoms with Gasteiger partial charge in [-0.3, -0.25) is 4.79 Å². The second-order valence-electron chi connectivity index (χ2n) is 6.15. The van der Waals surface area contributed by atoms with Crippen LogP contribution in [-0.2, 0) is 4.79 Å². The Morgan fingerprint density at radius 1 is 0.720 bits per heavy atom. The van der Waals surface area contributed by atoms with Gasteiger partial charge in [0.25, 0.3) is 0 Å². The number of carbonyl (C=O) groups is 1. The number of benzene rings is 3. The number of anilines is 1. The molecule has 2 nitrogen and oxygen atoms in total. The lowest BCUT2D eigenvalue weighted by atomic mass is 9.96. The molecule has 0 radical (unpaired) electrons. The van der Waals surface area contributed by atoms with Gasteiger partial charge in [-0.05, 0) is 42.7 Å². The van der Waals surface area contributed by atoms with Crippen molar-refractivity contribution >= 4 is 17.2 Å². The summed E-state index contributed by atoms with van der Waals surface area (Å²) < 4.78 is 0. The Morgan fingerprint density at radius 3 is 1.68 bits per heavy atom. The van der Waals surface area contributed by atoms with Gasteiger partial charge in [0.15, 0.2) is 0 Å². The van der Waals surface area contributed by atoms with Crippen LogP contribution in [-0.4, -0.2) is 5.91 Å². The van der Waals surface area contributed by atoms with Gasteiger partial charge in [0.2, 0.25) is 5.91 Å². The van der Waals surface area contributed by atoms with Crippen molar-refractivity contribution in [3.63, 3.8) is 0 Å². The van der Waals surface area contributed by atoms with E-state index in [0.29, 0.717) is 0 Å². The number of para-hydroxylation sites is 1. The summed E-state index contributed by atoms with van der Waals surface area (Å²) in [6.45, 7) is 4.11. The molecule has 25 heavy (non-hydrogen) atoms. The highest BCUT2D eigenvalue weighted by Crippen LogP contribution is 2.24. The summed E-state index contributed by atoms with van der Waals surface area (Å²) in [5.41, 5.74) is 6.14. The minimum Gasteiger partial charge on any atom is -0.322 e. The van der Waals surface area contributed by atoms with Crippen LogP contribution in [0.25, 0.3) is 5.57 Å². The molecule has 124 valence electrons. The van der Waals surface area contributed by atoms with E-state index in [2.05, 4.69) is 67.7 Å². The normalized spacial score (nSPS) is 10.2. The second kappa shape index (κ2) is 7.63. The Morgan fingerprint density at radius 2 is 1.20 bits per heavy atom. The fourth-order valence-electron chi connectivity index (χ4n) is 2.63. The Balaban J connectivity index is 1.96. The smallest absolute Gasteiger partial charge is 0.249 e. The molecule has 0 atom stereocenters. The number of rotatable bonds is 4. The highest BCUT2D eigenvalue weighted by molar-refractivity contribution is 6.06. The number of amides is 1. The average molecular weight is 327 g/mol. The van der Waals surface area contributed by atoms with Crippen LogP contribution in [0.5, 0.6) is 0 Å². The van der Waals surface area contributed by atoms with Crippen LogP contribution in [0.15, 0.2) is 84.9 Å². The number of hydrogen-bond acceptors (Lipinski definition) is 1. The Kier molecular flexibility index (Phi) is 5.10. The van der Waals surface area contributed by atoms with Gasteiger partial charge in [-0.2, -0.15) is 0 Å². The van der Waals surface area contributed by atoms with Crippen molar-refractivity contribution in [3.8, 4) is 0 Å². The third-order valence-electron chi connectivity index (χ3n) is 4.04. The lowest BCUT2D eigenvalue weighted by Gasteiger charge is -2.10. The Labute approximate surface area is 148 Å². The molecule has 3 aromatic carbocycles. The molecule has 1 N–H and O–H groups in total. The Bertz CT molecular complexity index is 828. The van der Waals surface area contributed by atoms with E-state index in [-0.39, 0.29) is 5.91 Å². The SMILES string of the molecule is Cc1ccc(C(=CC(=O)Nc2ccccc2)c2ccc(C)cc2)cc1. The molecular weight excluding hydrogens is 306 g/mol. The molecule has 0 spiro atoms. The van der Waals surface area contributed by atoms with Crippen molar-refractivity contribution in [1.29, 1.82) is 0 Å². The number of aryl methyl sites for hydroxylation is 2. The molecule has 0 saturated heterocycles. The number of carbonyl (C=O) groups excluding carboxylic acids is 1. The molecule has 0 bridgehead atoms. The fraction of sp³-hybridized carbons (Fsp3) is 0.0870. The van der Waals surface area contributed by atoms with Crippen LogP contribution in [0, 0.1) is 13.8 Å². The fourth-order valence-corrected chi connectivity index (χ4v) is 2.63. The van der Waals surface area contributed by atoms with E-state index in [0.717, 1.165) is 22.4 Å². The third-order valence-corrected chi connectivity index (χ3v) is 4.04. The molecular formula is C23H21NO. The molecule has 0 fully saturated rings. The van der Waals surface area contributed by atoms with Crippen LogP contribution < -0.4 is 5.32 Å². The molecule has 0 heterocycles. The van der Waals surface area contributed by atoms with E-state index >= 15 is 0 Å². The van der Waals surface area contributed by atoms with Crippen LogP contribution in [0.4, 0.5) is 5.69 Å². The lowest BCUT2D eigenvalue weighted by molar-refractivity contribution is -0.111. The average Bonchev–Trinajstić information content (AvgIpc) is 2.62. The minimum atomic E-state index is -0.137. The van der Waals surface area contributed by atoms with Crippen LogP contribution >= 0.6 is 0 Å². The van der Waals surface area contributed by atoms with E-state index in [9.17, 15) is 4.79 Å². The standard InChI is InChI=1S/C23H21NO/c1-17-8-12-19(13-9-17)22(20-14-10-18(2)11-15-20)16-23(25)24-21-6-4-3-5-7-21/h3-16H,1-2H3,(H,24,25). The van der Waals surface area contributed by atoms with E-state index in [1.807, 2.05) is 30.3 Å². The van der Waals surface area contributed by atoms with Gasteiger partial charge in [0, 0.05) is 11.8 Å². The first-order chi connectivity index (χ1) is 12.1.